The summed E-state index contributed by atoms with van der Waals surface area (Å²) in [7, 11) is 1.56. The van der Waals surface area contributed by atoms with Gasteiger partial charge in [-0.2, -0.15) is 0 Å². The molecule has 27 heavy (non-hydrogen) atoms. The number of aryl methyl sites for hydroxylation is 1. The molecule has 0 saturated carbocycles. The van der Waals surface area contributed by atoms with Crippen LogP contribution in [0.25, 0.3) is 0 Å². The minimum Gasteiger partial charge on any atom is -0.493 e. The number of amides is 2. The first-order valence-corrected chi connectivity index (χ1v) is 9.67. The molecule has 0 unspecified atom stereocenters. The molecular weight excluding hydrogens is 366 g/mol. The lowest BCUT2D eigenvalue weighted by molar-refractivity contribution is -0.140. The Balaban J connectivity index is 1.45. The Morgan fingerprint density at radius 3 is 2.30 bits per heavy atom. The van der Waals surface area contributed by atoms with Crippen LogP contribution in [0.3, 0.4) is 0 Å². The number of para-hydroxylation sites is 2. The zero-order valence-electron chi connectivity index (χ0n) is 15.5. The smallest absolute Gasteiger partial charge is 0.260 e. The van der Waals surface area contributed by atoms with Gasteiger partial charge in [-0.05, 0) is 19.1 Å². The Kier molecular flexibility index (Phi) is 6.28. The van der Waals surface area contributed by atoms with Gasteiger partial charge < -0.3 is 19.3 Å². The SMILES string of the molecule is COc1ccccc1OCC(=O)N1CCN(C(=O)Cc2csc(C)n2)CC1. The first-order valence-electron chi connectivity index (χ1n) is 8.79. The van der Waals surface area contributed by atoms with Crippen LogP contribution in [0.5, 0.6) is 11.5 Å². The molecule has 0 N–H and O–H groups in total. The van der Waals surface area contributed by atoms with Gasteiger partial charge in [-0.25, -0.2) is 4.98 Å². The molecule has 3 rings (SSSR count). The van der Waals surface area contributed by atoms with Crippen LogP contribution in [0.15, 0.2) is 29.6 Å². The van der Waals surface area contributed by atoms with Gasteiger partial charge in [-0.3, -0.25) is 9.59 Å². The van der Waals surface area contributed by atoms with E-state index in [1.54, 1.807) is 40.4 Å². The van der Waals surface area contributed by atoms with Crippen LogP contribution in [-0.2, 0) is 16.0 Å². The molecule has 1 saturated heterocycles. The fraction of sp³-hybridized carbons (Fsp3) is 0.421. The lowest BCUT2D eigenvalue weighted by atomic mass is 10.2. The fourth-order valence-corrected chi connectivity index (χ4v) is 3.54. The summed E-state index contributed by atoms with van der Waals surface area (Å²) in [5.74, 6) is 1.10. The molecular formula is C19H23N3O4S. The summed E-state index contributed by atoms with van der Waals surface area (Å²) < 4.78 is 10.8. The van der Waals surface area contributed by atoms with Crippen LogP contribution in [0.2, 0.25) is 0 Å². The minimum absolute atomic E-state index is 0.0492. The first-order chi connectivity index (χ1) is 13.1. The third-order valence-electron chi connectivity index (χ3n) is 4.40. The van der Waals surface area contributed by atoms with Crippen molar-refractivity contribution in [2.75, 3.05) is 39.9 Å². The molecule has 8 heteroatoms. The van der Waals surface area contributed by atoms with E-state index in [0.29, 0.717) is 44.1 Å². The van der Waals surface area contributed by atoms with Gasteiger partial charge in [-0.15, -0.1) is 11.3 Å². The molecule has 7 nitrogen and oxygen atoms in total. The number of aromatic nitrogens is 1. The monoisotopic (exact) mass is 389 g/mol. The fourth-order valence-electron chi connectivity index (χ4n) is 2.93. The van der Waals surface area contributed by atoms with Crippen LogP contribution < -0.4 is 9.47 Å². The number of hydrogen-bond donors (Lipinski definition) is 0. The second-order valence-corrected chi connectivity index (χ2v) is 7.30. The number of nitrogens with zero attached hydrogens (tertiary/aromatic N) is 3. The molecule has 1 aliphatic heterocycles. The maximum absolute atomic E-state index is 12.4. The van der Waals surface area contributed by atoms with Crippen LogP contribution >= 0.6 is 11.3 Å². The number of benzene rings is 1. The normalized spacial score (nSPS) is 14.1. The zero-order chi connectivity index (χ0) is 19.2. The zero-order valence-corrected chi connectivity index (χ0v) is 16.3. The standard InChI is InChI=1S/C19H23N3O4S/c1-14-20-15(13-27-14)11-18(23)21-7-9-22(10-8-21)19(24)12-26-17-6-4-3-5-16(17)25-2/h3-6,13H,7-12H2,1-2H3. The van der Waals surface area contributed by atoms with Crippen molar-refractivity contribution in [1.82, 2.24) is 14.8 Å². The number of piperazine rings is 1. The molecule has 2 aromatic rings. The van der Waals surface area contributed by atoms with Gasteiger partial charge >= 0.3 is 0 Å². The third-order valence-corrected chi connectivity index (χ3v) is 5.23. The molecule has 0 radical (unpaired) electrons. The number of ether oxygens (including phenoxy) is 2. The molecule has 144 valence electrons. The van der Waals surface area contributed by atoms with Gasteiger partial charge in [0, 0.05) is 31.6 Å². The van der Waals surface area contributed by atoms with Crippen molar-refractivity contribution in [1.29, 1.82) is 0 Å². The lowest BCUT2D eigenvalue weighted by Gasteiger charge is -2.34. The summed E-state index contributed by atoms with van der Waals surface area (Å²) >= 11 is 1.55. The molecule has 1 fully saturated rings. The van der Waals surface area contributed by atoms with Crippen LogP contribution in [0, 0.1) is 6.92 Å². The van der Waals surface area contributed by atoms with Gasteiger partial charge in [-0.1, -0.05) is 12.1 Å². The van der Waals surface area contributed by atoms with Crippen molar-refractivity contribution in [3.8, 4) is 11.5 Å². The van der Waals surface area contributed by atoms with Crippen LogP contribution in [-0.4, -0.2) is 66.5 Å². The molecule has 1 aromatic carbocycles. The van der Waals surface area contributed by atoms with E-state index < -0.39 is 0 Å². The van der Waals surface area contributed by atoms with Crippen molar-refractivity contribution < 1.29 is 19.1 Å². The molecule has 1 aromatic heterocycles. The Labute approximate surface area is 162 Å². The van der Waals surface area contributed by atoms with E-state index in [9.17, 15) is 9.59 Å². The number of thiazole rings is 1. The lowest BCUT2D eigenvalue weighted by Crippen LogP contribution is -2.52. The van der Waals surface area contributed by atoms with E-state index in [1.807, 2.05) is 24.4 Å². The van der Waals surface area contributed by atoms with Crippen LogP contribution in [0.1, 0.15) is 10.7 Å². The average molecular weight is 389 g/mol. The summed E-state index contributed by atoms with van der Waals surface area (Å²) in [4.78, 5) is 32.6. The average Bonchev–Trinajstić information content (AvgIpc) is 3.11. The highest BCUT2D eigenvalue weighted by Crippen LogP contribution is 2.25. The first kappa shape index (κ1) is 19.2. The Morgan fingerprint density at radius 2 is 1.70 bits per heavy atom. The highest BCUT2D eigenvalue weighted by Gasteiger charge is 2.25. The largest absolute Gasteiger partial charge is 0.493 e. The molecule has 2 heterocycles. The van der Waals surface area contributed by atoms with Crippen molar-refractivity contribution in [2.45, 2.75) is 13.3 Å². The van der Waals surface area contributed by atoms with Gasteiger partial charge in [0.25, 0.3) is 5.91 Å². The molecule has 1 aliphatic rings. The molecule has 0 aliphatic carbocycles. The molecule has 0 atom stereocenters. The predicted octanol–water partition coefficient (Wildman–Crippen LogP) is 1.75. The van der Waals surface area contributed by atoms with E-state index in [4.69, 9.17) is 9.47 Å². The number of rotatable bonds is 6. The maximum atomic E-state index is 12.4. The van der Waals surface area contributed by atoms with Crippen molar-refractivity contribution in [3.05, 3.63) is 40.3 Å². The summed E-state index contributed by atoms with van der Waals surface area (Å²) in [6.45, 7) is 3.96. The number of carbonyl (C=O) groups excluding carboxylic acids is 2. The highest BCUT2D eigenvalue weighted by atomic mass is 32.1. The molecule has 0 spiro atoms. The third kappa shape index (κ3) is 4.97. The number of methoxy groups -OCH3 is 1. The summed E-state index contributed by atoms with van der Waals surface area (Å²) in [5, 5.41) is 2.88. The topological polar surface area (TPSA) is 72.0 Å². The van der Waals surface area contributed by atoms with E-state index in [0.717, 1.165) is 10.7 Å². The van der Waals surface area contributed by atoms with E-state index in [2.05, 4.69) is 4.98 Å². The highest BCUT2D eigenvalue weighted by molar-refractivity contribution is 7.09. The Bertz CT molecular complexity index is 800. The Hall–Kier alpha value is -2.61. The van der Waals surface area contributed by atoms with Crippen molar-refractivity contribution >= 4 is 23.2 Å². The van der Waals surface area contributed by atoms with E-state index >= 15 is 0 Å². The summed E-state index contributed by atoms with van der Waals surface area (Å²) in [5.41, 5.74) is 0.811. The second kappa shape index (κ2) is 8.85. The van der Waals surface area contributed by atoms with E-state index in [1.165, 1.54) is 0 Å². The van der Waals surface area contributed by atoms with Gasteiger partial charge in [0.1, 0.15) is 0 Å². The van der Waals surface area contributed by atoms with Gasteiger partial charge in [0.05, 0.1) is 24.2 Å². The van der Waals surface area contributed by atoms with E-state index in [-0.39, 0.29) is 18.4 Å². The van der Waals surface area contributed by atoms with Gasteiger partial charge in [0.15, 0.2) is 18.1 Å². The quantitative estimate of drug-likeness (QED) is 0.753. The number of hydrogen-bond acceptors (Lipinski definition) is 6. The maximum Gasteiger partial charge on any atom is 0.260 e. The van der Waals surface area contributed by atoms with Crippen molar-refractivity contribution in [3.63, 3.8) is 0 Å². The summed E-state index contributed by atoms with van der Waals surface area (Å²) in [6.07, 6.45) is 0.315. The van der Waals surface area contributed by atoms with Crippen molar-refractivity contribution in [2.24, 2.45) is 0 Å². The molecule has 0 bridgehead atoms. The summed E-state index contributed by atoms with van der Waals surface area (Å²) in [6, 6.07) is 7.23. The number of carbonyl (C=O) groups is 2. The van der Waals surface area contributed by atoms with Gasteiger partial charge in [0.2, 0.25) is 5.91 Å². The minimum atomic E-state index is -0.0943. The Morgan fingerprint density at radius 1 is 1.07 bits per heavy atom. The predicted molar refractivity (Wildman–Crippen MR) is 102 cm³/mol. The van der Waals surface area contributed by atoms with Crippen LogP contribution in [0.4, 0.5) is 0 Å². The molecule has 2 amide bonds. The second-order valence-electron chi connectivity index (χ2n) is 6.24.